The molecule has 0 amide bonds. The Balaban J connectivity index is 1.32. The highest BCUT2D eigenvalue weighted by molar-refractivity contribution is 5.83. The molecule has 1 atom stereocenters. The maximum atomic E-state index is 6.23. The van der Waals surface area contributed by atoms with Gasteiger partial charge in [0.2, 0.25) is 0 Å². The fourth-order valence-electron chi connectivity index (χ4n) is 6.91. The maximum Gasteiger partial charge on any atom is 0.119 e. The summed E-state index contributed by atoms with van der Waals surface area (Å²) in [5.41, 5.74) is 6.22. The largest absolute Gasteiger partial charge is 0.494 e. The SMILES string of the molecule is CCCCCCCCCCCCCCOC(C)c1ccc(-c2ccccc2-c2ccc(OCCCCCCCCCCCCC)cc2)cc1. The van der Waals surface area contributed by atoms with E-state index in [9.17, 15) is 0 Å². The van der Waals surface area contributed by atoms with E-state index < -0.39 is 0 Å². The van der Waals surface area contributed by atoms with Gasteiger partial charge in [-0.2, -0.15) is 0 Å². The van der Waals surface area contributed by atoms with Crippen molar-refractivity contribution >= 4 is 0 Å². The van der Waals surface area contributed by atoms with E-state index in [4.69, 9.17) is 9.47 Å². The summed E-state index contributed by atoms with van der Waals surface area (Å²) in [4.78, 5) is 0. The monoisotopic (exact) mass is 669 g/mol. The van der Waals surface area contributed by atoms with Gasteiger partial charge in [0, 0.05) is 6.61 Å². The molecule has 272 valence electrons. The van der Waals surface area contributed by atoms with Crippen LogP contribution in [0.4, 0.5) is 0 Å². The van der Waals surface area contributed by atoms with E-state index in [0.717, 1.165) is 31.8 Å². The van der Waals surface area contributed by atoms with Gasteiger partial charge in [-0.25, -0.2) is 0 Å². The van der Waals surface area contributed by atoms with E-state index in [1.807, 2.05) is 0 Å². The highest BCUT2D eigenvalue weighted by atomic mass is 16.5. The van der Waals surface area contributed by atoms with Crippen molar-refractivity contribution in [2.45, 2.75) is 175 Å². The van der Waals surface area contributed by atoms with Crippen LogP contribution in [0.15, 0.2) is 72.8 Å². The lowest BCUT2D eigenvalue weighted by Gasteiger charge is -2.15. The Hall–Kier alpha value is -2.58. The van der Waals surface area contributed by atoms with Crippen LogP contribution < -0.4 is 4.74 Å². The molecule has 0 spiro atoms. The molecule has 3 aromatic carbocycles. The first-order chi connectivity index (χ1) is 24.2. The zero-order chi connectivity index (χ0) is 34.6. The number of hydrogen-bond donors (Lipinski definition) is 0. The highest BCUT2D eigenvalue weighted by Gasteiger charge is 2.10. The minimum atomic E-state index is 0.120. The highest BCUT2D eigenvalue weighted by Crippen LogP contribution is 2.34. The molecule has 2 nitrogen and oxygen atoms in total. The van der Waals surface area contributed by atoms with Crippen LogP contribution in [0.3, 0.4) is 0 Å². The van der Waals surface area contributed by atoms with Gasteiger partial charge in [0.1, 0.15) is 5.75 Å². The van der Waals surface area contributed by atoms with Crippen LogP contribution in [0.1, 0.15) is 180 Å². The van der Waals surface area contributed by atoms with Crippen molar-refractivity contribution in [2.24, 2.45) is 0 Å². The van der Waals surface area contributed by atoms with Crippen LogP contribution in [0, 0.1) is 0 Å². The van der Waals surface area contributed by atoms with Gasteiger partial charge in [-0.05, 0) is 59.7 Å². The quantitative estimate of drug-likeness (QED) is 0.0658. The second-order valence-corrected chi connectivity index (χ2v) is 14.5. The second kappa shape index (κ2) is 27.2. The number of ether oxygens (including phenoxy) is 2. The Labute approximate surface area is 302 Å². The fourth-order valence-corrected chi connectivity index (χ4v) is 6.91. The van der Waals surface area contributed by atoms with Gasteiger partial charge in [0.25, 0.3) is 0 Å². The van der Waals surface area contributed by atoms with Crippen LogP contribution in [0.25, 0.3) is 22.3 Å². The Bertz CT molecular complexity index is 1180. The second-order valence-electron chi connectivity index (χ2n) is 14.5. The first kappa shape index (κ1) is 40.8. The zero-order valence-corrected chi connectivity index (χ0v) is 32.0. The van der Waals surface area contributed by atoms with Crippen molar-refractivity contribution in [1.82, 2.24) is 0 Å². The molecule has 1 unspecified atom stereocenters. The van der Waals surface area contributed by atoms with Crippen molar-refractivity contribution in [3.05, 3.63) is 78.4 Å². The third-order valence-corrected chi connectivity index (χ3v) is 10.2. The lowest BCUT2D eigenvalue weighted by Crippen LogP contribution is -2.02. The van der Waals surface area contributed by atoms with Gasteiger partial charge in [-0.3, -0.25) is 0 Å². The van der Waals surface area contributed by atoms with Crippen molar-refractivity contribution in [3.8, 4) is 28.0 Å². The van der Waals surface area contributed by atoms with Crippen molar-refractivity contribution < 1.29 is 9.47 Å². The predicted molar refractivity (Wildman–Crippen MR) is 215 cm³/mol. The van der Waals surface area contributed by atoms with E-state index in [-0.39, 0.29) is 6.10 Å². The summed E-state index contributed by atoms with van der Waals surface area (Å²) in [7, 11) is 0. The summed E-state index contributed by atoms with van der Waals surface area (Å²) in [6.07, 6.45) is 31.5. The summed E-state index contributed by atoms with van der Waals surface area (Å²) in [5, 5.41) is 0. The first-order valence-corrected chi connectivity index (χ1v) is 20.8. The first-order valence-electron chi connectivity index (χ1n) is 20.8. The molecule has 0 saturated heterocycles. The molecule has 49 heavy (non-hydrogen) atoms. The average molecular weight is 669 g/mol. The van der Waals surface area contributed by atoms with E-state index in [0.29, 0.717) is 0 Å². The molecular formula is C47H72O2. The molecular weight excluding hydrogens is 597 g/mol. The third kappa shape index (κ3) is 17.8. The Morgan fingerprint density at radius 1 is 0.408 bits per heavy atom. The standard InChI is InChI=1S/C47H72O2/c1-4-6-8-10-12-14-16-18-19-21-23-27-39-48-41(3)42-31-33-43(34-32-42)46-29-25-26-30-47(46)44-35-37-45(38-36-44)49-40-28-24-22-20-17-15-13-11-9-7-5-2/h25-26,29-38,41H,4-24,27-28,39-40H2,1-3H3. The van der Waals surface area contributed by atoms with E-state index in [1.54, 1.807) is 0 Å². The summed E-state index contributed by atoms with van der Waals surface area (Å²) in [6, 6.07) is 26.4. The van der Waals surface area contributed by atoms with Crippen molar-refractivity contribution in [1.29, 1.82) is 0 Å². The van der Waals surface area contributed by atoms with Gasteiger partial charge in [0.15, 0.2) is 0 Å². The molecule has 0 aliphatic rings. The molecule has 0 aromatic heterocycles. The van der Waals surface area contributed by atoms with E-state index in [2.05, 4.69) is 93.6 Å². The Kier molecular flexibility index (Phi) is 22.7. The van der Waals surface area contributed by atoms with Gasteiger partial charge >= 0.3 is 0 Å². The minimum absolute atomic E-state index is 0.120. The Morgan fingerprint density at radius 3 is 1.20 bits per heavy atom. The molecule has 0 bridgehead atoms. The molecule has 0 N–H and O–H groups in total. The number of unbranched alkanes of at least 4 members (excludes halogenated alkanes) is 21. The predicted octanol–water partition coefficient (Wildman–Crippen LogP) is 15.5. The zero-order valence-electron chi connectivity index (χ0n) is 32.0. The molecule has 3 aromatic rings. The summed E-state index contributed by atoms with van der Waals surface area (Å²) in [5.74, 6) is 0.968. The van der Waals surface area contributed by atoms with E-state index >= 15 is 0 Å². The summed E-state index contributed by atoms with van der Waals surface area (Å²) >= 11 is 0. The minimum Gasteiger partial charge on any atom is -0.494 e. The maximum absolute atomic E-state index is 6.23. The fraction of sp³-hybridized carbons (Fsp3) is 0.617. The van der Waals surface area contributed by atoms with Gasteiger partial charge in [-0.1, -0.05) is 209 Å². The molecule has 0 aliphatic carbocycles. The number of rotatable bonds is 30. The molecule has 3 rings (SSSR count). The third-order valence-electron chi connectivity index (χ3n) is 10.2. The van der Waals surface area contributed by atoms with Crippen LogP contribution in [0.2, 0.25) is 0 Å². The van der Waals surface area contributed by atoms with Crippen molar-refractivity contribution in [3.63, 3.8) is 0 Å². The van der Waals surface area contributed by atoms with Gasteiger partial charge in [-0.15, -0.1) is 0 Å². The normalized spacial score (nSPS) is 12.0. The molecule has 0 saturated carbocycles. The lowest BCUT2D eigenvalue weighted by molar-refractivity contribution is 0.0627. The van der Waals surface area contributed by atoms with Gasteiger partial charge < -0.3 is 9.47 Å². The topological polar surface area (TPSA) is 18.5 Å². The lowest BCUT2D eigenvalue weighted by atomic mass is 9.94. The summed E-state index contributed by atoms with van der Waals surface area (Å²) in [6.45, 7) is 8.42. The van der Waals surface area contributed by atoms with Crippen LogP contribution in [-0.4, -0.2) is 13.2 Å². The number of hydrogen-bond acceptors (Lipinski definition) is 2. The van der Waals surface area contributed by atoms with E-state index in [1.165, 1.54) is 163 Å². The molecule has 0 radical (unpaired) electrons. The molecule has 0 fully saturated rings. The van der Waals surface area contributed by atoms with Crippen molar-refractivity contribution in [2.75, 3.05) is 13.2 Å². The number of benzene rings is 3. The average Bonchev–Trinajstić information content (AvgIpc) is 3.14. The molecule has 0 heterocycles. The van der Waals surface area contributed by atoms with Crippen LogP contribution >= 0.6 is 0 Å². The Morgan fingerprint density at radius 2 is 0.776 bits per heavy atom. The van der Waals surface area contributed by atoms with Gasteiger partial charge in [0.05, 0.1) is 12.7 Å². The molecule has 0 aliphatic heterocycles. The summed E-state index contributed by atoms with van der Waals surface area (Å²) < 4.78 is 12.3. The van der Waals surface area contributed by atoms with Crippen LogP contribution in [-0.2, 0) is 4.74 Å². The molecule has 2 heteroatoms. The smallest absolute Gasteiger partial charge is 0.119 e. The van der Waals surface area contributed by atoms with Crippen LogP contribution in [0.5, 0.6) is 5.75 Å².